The van der Waals surface area contributed by atoms with Crippen molar-refractivity contribution in [2.75, 3.05) is 20.2 Å². The van der Waals surface area contributed by atoms with Crippen LogP contribution < -0.4 is 4.74 Å². The fourth-order valence-electron chi connectivity index (χ4n) is 5.25. The van der Waals surface area contributed by atoms with Crippen molar-refractivity contribution in [1.29, 1.82) is 0 Å². The van der Waals surface area contributed by atoms with Gasteiger partial charge in [0, 0.05) is 6.04 Å². The molecule has 2 nitrogen and oxygen atoms in total. The third kappa shape index (κ3) is 3.13. The molecule has 1 aromatic carbocycles. The lowest BCUT2D eigenvalue weighted by atomic mass is 9.78. The first kappa shape index (κ1) is 16.2. The van der Waals surface area contributed by atoms with E-state index in [2.05, 4.69) is 35.3 Å². The summed E-state index contributed by atoms with van der Waals surface area (Å²) in [6.07, 6.45) is 15.6. The van der Waals surface area contributed by atoms with Crippen LogP contribution in [0.5, 0.6) is 5.75 Å². The van der Waals surface area contributed by atoms with Gasteiger partial charge in [0.1, 0.15) is 5.75 Å². The molecule has 2 aliphatic carbocycles. The molecule has 1 fully saturated rings. The quantitative estimate of drug-likeness (QED) is 0.713. The summed E-state index contributed by atoms with van der Waals surface area (Å²) in [6.45, 7) is 2.55. The van der Waals surface area contributed by atoms with E-state index in [-0.39, 0.29) is 0 Å². The Hall–Kier alpha value is -1.28. The first-order chi connectivity index (χ1) is 11.9. The molecule has 1 aliphatic heterocycles. The zero-order chi connectivity index (χ0) is 16.4. The Labute approximate surface area is 146 Å². The number of hydrogen-bond donors (Lipinski definition) is 0. The molecular formula is C22H31NO. The van der Waals surface area contributed by atoms with Crippen LogP contribution in [0.25, 0.3) is 0 Å². The lowest BCUT2D eigenvalue weighted by Gasteiger charge is -2.42. The zero-order valence-electron chi connectivity index (χ0n) is 15.0. The maximum atomic E-state index is 5.62. The van der Waals surface area contributed by atoms with Gasteiger partial charge in [0.25, 0.3) is 0 Å². The Kier molecular flexibility index (Phi) is 4.93. The summed E-state index contributed by atoms with van der Waals surface area (Å²) in [6, 6.07) is 7.27. The molecule has 2 unspecified atom stereocenters. The summed E-state index contributed by atoms with van der Waals surface area (Å²) in [5, 5.41) is 0. The Morgan fingerprint density at radius 3 is 2.67 bits per heavy atom. The first-order valence-corrected chi connectivity index (χ1v) is 9.93. The zero-order valence-corrected chi connectivity index (χ0v) is 15.0. The second kappa shape index (κ2) is 7.31. The Morgan fingerprint density at radius 2 is 1.92 bits per heavy atom. The van der Waals surface area contributed by atoms with Crippen molar-refractivity contribution < 1.29 is 4.74 Å². The highest BCUT2D eigenvalue weighted by Gasteiger charge is 2.32. The summed E-state index contributed by atoms with van der Waals surface area (Å²) < 4.78 is 5.62. The number of rotatable bonds is 3. The minimum Gasteiger partial charge on any atom is -0.496 e. The Morgan fingerprint density at radius 1 is 1.04 bits per heavy atom. The van der Waals surface area contributed by atoms with E-state index in [1.54, 1.807) is 0 Å². The van der Waals surface area contributed by atoms with Gasteiger partial charge >= 0.3 is 0 Å². The van der Waals surface area contributed by atoms with Crippen molar-refractivity contribution in [1.82, 2.24) is 4.90 Å². The van der Waals surface area contributed by atoms with E-state index in [4.69, 9.17) is 4.74 Å². The van der Waals surface area contributed by atoms with Crippen LogP contribution in [0.1, 0.15) is 62.1 Å². The molecule has 3 aliphatic rings. The van der Waals surface area contributed by atoms with Crippen LogP contribution in [-0.4, -0.2) is 25.1 Å². The van der Waals surface area contributed by atoms with Crippen molar-refractivity contribution in [2.45, 2.75) is 57.4 Å². The number of piperidine rings is 1. The number of fused-ring (bicyclic) bond motifs is 1. The molecule has 0 spiro atoms. The van der Waals surface area contributed by atoms with Crippen molar-refractivity contribution in [2.24, 2.45) is 11.8 Å². The minimum atomic E-state index is 0.617. The summed E-state index contributed by atoms with van der Waals surface area (Å²) in [5.74, 6) is 2.88. The number of likely N-dealkylation sites (tertiary alicyclic amines) is 1. The fourth-order valence-corrected chi connectivity index (χ4v) is 5.25. The van der Waals surface area contributed by atoms with Crippen LogP contribution in [0.4, 0.5) is 0 Å². The van der Waals surface area contributed by atoms with Crippen LogP contribution in [-0.2, 0) is 6.42 Å². The number of ether oxygens (including phenoxy) is 1. The van der Waals surface area contributed by atoms with E-state index in [0.29, 0.717) is 6.04 Å². The molecule has 1 aromatic rings. The number of nitrogens with zero attached hydrogens (tertiary/aromatic N) is 1. The fraction of sp³-hybridized carbons (Fsp3) is 0.636. The topological polar surface area (TPSA) is 12.5 Å². The van der Waals surface area contributed by atoms with Gasteiger partial charge in [-0.15, -0.1) is 0 Å². The SMILES string of the molecule is COc1cccc2c1CCCC2N1CCC(C2C=CCCC2)CC1. The van der Waals surface area contributed by atoms with Gasteiger partial charge in [-0.2, -0.15) is 0 Å². The lowest BCUT2D eigenvalue weighted by Crippen LogP contribution is -2.39. The molecule has 4 rings (SSSR count). The van der Waals surface area contributed by atoms with Crippen LogP contribution in [0.3, 0.4) is 0 Å². The minimum absolute atomic E-state index is 0.617. The van der Waals surface area contributed by atoms with Crippen LogP contribution >= 0.6 is 0 Å². The van der Waals surface area contributed by atoms with Gasteiger partial charge in [-0.25, -0.2) is 0 Å². The van der Waals surface area contributed by atoms with Crippen molar-refractivity contribution in [3.8, 4) is 5.75 Å². The van der Waals surface area contributed by atoms with Gasteiger partial charge in [0.05, 0.1) is 7.11 Å². The first-order valence-electron chi connectivity index (χ1n) is 9.93. The van der Waals surface area contributed by atoms with Gasteiger partial charge in [-0.1, -0.05) is 24.3 Å². The third-order valence-corrected chi connectivity index (χ3v) is 6.56. The van der Waals surface area contributed by atoms with Gasteiger partial charge in [0.2, 0.25) is 0 Å². The molecule has 130 valence electrons. The highest BCUT2D eigenvalue weighted by Crippen LogP contribution is 2.41. The predicted octanol–water partition coefficient (Wildman–Crippen LogP) is 5.14. The molecule has 24 heavy (non-hydrogen) atoms. The second-order valence-electron chi connectivity index (χ2n) is 7.83. The number of methoxy groups -OCH3 is 1. The summed E-state index contributed by atoms with van der Waals surface area (Å²) in [5.41, 5.74) is 3.00. The van der Waals surface area contributed by atoms with Crippen LogP contribution in [0, 0.1) is 11.8 Å². The van der Waals surface area contributed by atoms with Gasteiger partial charge in [0.15, 0.2) is 0 Å². The number of hydrogen-bond acceptors (Lipinski definition) is 2. The molecule has 2 atom stereocenters. The number of benzene rings is 1. The molecule has 1 saturated heterocycles. The maximum absolute atomic E-state index is 5.62. The van der Waals surface area contributed by atoms with Crippen molar-refractivity contribution in [3.63, 3.8) is 0 Å². The molecule has 0 N–H and O–H groups in total. The number of allylic oxidation sites excluding steroid dienone is 2. The van der Waals surface area contributed by atoms with Crippen molar-refractivity contribution in [3.05, 3.63) is 41.5 Å². The van der Waals surface area contributed by atoms with Gasteiger partial charge in [-0.05, 0) is 93.5 Å². The van der Waals surface area contributed by atoms with Crippen LogP contribution in [0.2, 0.25) is 0 Å². The van der Waals surface area contributed by atoms with E-state index in [1.807, 2.05) is 7.11 Å². The average molecular weight is 325 g/mol. The molecule has 0 aromatic heterocycles. The van der Waals surface area contributed by atoms with Gasteiger partial charge < -0.3 is 4.74 Å². The van der Waals surface area contributed by atoms with E-state index < -0.39 is 0 Å². The van der Waals surface area contributed by atoms with E-state index in [0.717, 1.165) is 17.6 Å². The summed E-state index contributed by atoms with van der Waals surface area (Å²) >= 11 is 0. The Balaban J connectivity index is 1.45. The molecule has 1 heterocycles. The maximum Gasteiger partial charge on any atom is 0.122 e. The molecular weight excluding hydrogens is 294 g/mol. The third-order valence-electron chi connectivity index (χ3n) is 6.56. The molecule has 0 saturated carbocycles. The second-order valence-corrected chi connectivity index (χ2v) is 7.83. The monoisotopic (exact) mass is 325 g/mol. The van der Waals surface area contributed by atoms with E-state index in [1.165, 1.54) is 75.6 Å². The van der Waals surface area contributed by atoms with Crippen LogP contribution in [0.15, 0.2) is 30.4 Å². The highest BCUT2D eigenvalue weighted by atomic mass is 16.5. The highest BCUT2D eigenvalue weighted by molar-refractivity contribution is 5.43. The Bertz CT molecular complexity index is 586. The molecule has 0 amide bonds. The lowest BCUT2D eigenvalue weighted by molar-refractivity contribution is 0.103. The summed E-state index contributed by atoms with van der Waals surface area (Å²) in [4.78, 5) is 2.76. The predicted molar refractivity (Wildman–Crippen MR) is 99.5 cm³/mol. The largest absolute Gasteiger partial charge is 0.496 e. The smallest absolute Gasteiger partial charge is 0.122 e. The van der Waals surface area contributed by atoms with E-state index in [9.17, 15) is 0 Å². The molecule has 2 heteroatoms. The normalized spacial score (nSPS) is 28.5. The van der Waals surface area contributed by atoms with E-state index >= 15 is 0 Å². The summed E-state index contributed by atoms with van der Waals surface area (Å²) in [7, 11) is 1.81. The molecule has 0 bridgehead atoms. The average Bonchev–Trinajstić information content (AvgIpc) is 2.68. The molecule has 0 radical (unpaired) electrons. The van der Waals surface area contributed by atoms with Gasteiger partial charge in [-0.3, -0.25) is 4.90 Å². The van der Waals surface area contributed by atoms with Crippen molar-refractivity contribution >= 4 is 0 Å². The standard InChI is InChI=1S/C22H31NO/c1-24-22-12-6-9-19-20(22)10-5-11-21(19)23-15-13-18(14-16-23)17-7-3-2-4-8-17/h3,6-7,9,12,17-18,21H,2,4-5,8,10-11,13-16H2,1H3.